The van der Waals surface area contributed by atoms with Crippen molar-refractivity contribution in [2.75, 3.05) is 11.9 Å². The Labute approximate surface area is 107 Å². The number of anilines is 1. The maximum Gasteiger partial charge on any atom is 0.322 e. The highest BCUT2D eigenvalue weighted by Crippen LogP contribution is 2.33. The molecule has 3 rings (SSSR count). The smallest absolute Gasteiger partial charge is 0.321 e. The van der Waals surface area contributed by atoms with E-state index < -0.39 is 0 Å². The minimum absolute atomic E-state index is 0.0371. The van der Waals surface area contributed by atoms with Gasteiger partial charge < -0.3 is 10.2 Å². The van der Waals surface area contributed by atoms with E-state index in [-0.39, 0.29) is 6.03 Å². The average Bonchev–Trinajstić information content (AvgIpc) is 2.93. The van der Waals surface area contributed by atoms with E-state index in [1.165, 1.54) is 5.56 Å². The fourth-order valence-corrected chi connectivity index (χ4v) is 2.88. The van der Waals surface area contributed by atoms with Crippen molar-refractivity contribution < 1.29 is 4.79 Å². The van der Waals surface area contributed by atoms with Gasteiger partial charge in [-0.3, -0.25) is 0 Å². The van der Waals surface area contributed by atoms with Crippen LogP contribution in [0.1, 0.15) is 18.4 Å². The lowest BCUT2D eigenvalue weighted by molar-refractivity contribution is 0.205. The van der Waals surface area contributed by atoms with Crippen LogP contribution in [0.3, 0.4) is 0 Å². The van der Waals surface area contributed by atoms with Crippen LogP contribution in [0.25, 0.3) is 0 Å². The lowest BCUT2D eigenvalue weighted by Gasteiger charge is -2.24. The molecule has 94 valence electrons. The van der Waals surface area contributed by atoms with Gasteiger partial charge >= 0.3 is 6.03 Å². The maximum absolute atomic E-state index is 12.2. The van der Waals surface area contributed by atoms with Gasteiger partial charge in [-0.2, -0.15) is 0 Å². The van der Waals surface area contributed by atoms with E-state index in [9.17, 15) is 4.79 Å². The van der Waals surface area contributed by atoms with Crippen LogP contribution in [0.2, 0.25) is 0 Å². The summed E-state index contributed by atoms with van der Waals surface area (Å²) >= 11 is 0. The van der Waals surface area contributed by atoms with Gasteiger partial charge in [0, 0.05) is 18.3 Å². The summed E-state index contributed by atoms with van der Waals surface area (Å²) in [6, 6.07) is 8.35. The summed E-state index contributed by atoms with van der Waals surface area (Å²) in [6.07, 6.45) is 6.55. The van der Waals surface area contributed by atoms with Crippen LogP contribution < -0.4 is 5.32 Å². The van der Waals surface area contributed by atoms with Gasteiger partial charge in [-0.15, -0.1) is 0 Å². The van der Waals surface area contributed by atoms with Crippen molar-refractivity contribution in [3.63, 3.8) is 0 Å². The van der Waals surface area contributed by atoms with Crippen LogP contribution >= 0.6 is 0 Å². The fourth-order valence-electron chi connectivity index (χ4n) is 2.88. The summed E-state index contributed by atoms with van der Waals surface area (Å²) in [5, 5.41) is 2.98. The monoisotopic (exact) mass is 242 g/mol. The van der Waals surface area contributed by atoms with Crippen molar-refractivity contribution in [1.29, 1.82) is 0 Å². The van der Waals surface area contributed by atoms with Gasteiger partial charge in [0.05, 0.1) is 0 Å². The number of carbonyl (C=O) groups excluding carboxylic acids is 1. The third kappa shape index (κ3) is 2.01. The summed E-state index contributed by atoms with van der Waals surface area (Å²) in [5.41, 5.74) is 2.08. The molecule has 0 aromatic heterocycles. The first-order chi connectivity index (χ1) is 8.74. The molecule has 1 saturated heterocycles. The molecule has 0 bridgehead atoms. The van der Waals surface area contributed by atoms with Crippen molar-refractivity contribution >= 4 is 11.7 Å². The quantitative estimate of drug-likeness (QED) is 0.754. The number of nitrogens with zero attached hydrogens (tertiary/aromatic N) is 1. The summed E-state index contributed by atoms with van der Waals surface area (Å²) in [5.74, 6) is 0.578. The van der Waals surface area contributed by atoms with E-state index in [4.69, 9.17) is 0 Å². The van der Waals surface area contributed by atoms with Gasteiger partial charge in [-0.25, -0.2) is 4.79 Å². The highest BCUT2D eigenvalue weighted by atomic mass is 16.2. The first-order valence-corrected chi connectivity index (χ1v) is 6.55. The lowest BCUT2D eigenvalue weighted by atomic mass is 10.1. The second kappa shape index (κ2) is 4.48. The van der Waals surface area contributed by atoms with Gasteiger partial charge in [0.25, 0.3) is 0 Å². The molecule has 1 aliphatic heterocycles. The fraction of sp³-hybridized carbons (Fsp3) is 0.400. The molecular weight excluding hydrogens is 224 g/mol. The molecule has 0 saturated carbocycles. The topological polar surface area (TPSA) is 32.3 Å². The molecule has 1 aromatic rings. The Kier molecular flexibility index (Phi) is 2.82. The zero-order chi connectivity index (χ0) is 12.5. The molecule has 3 heteroatoms. The van der Waals surface area contributed by atoms with Crippen molar-refractivity contribution in [2.45, 2.75) is 25.8 Å². The minimum atomic E-state index is 0.0371. The minimum Gasteiger partial charge on any atom is -0.321 e. The van der Waals surface area contributed by atoms with E-state index in [0.717, 1.165) is 25.1 Å². The molecular formula is C15H18N2O. The maximum atomic E-state index is 12.2. The summed E-state index contributed by atoms with van der Waals surface area (Å²) < 4.78 is 0. The third-order valence-electron chi connectivity index (χ3n) is 3.92. The summed E-state index contributed by atoms with van der Waals surface area (Å²) in [4.78, 5) is 14.2. The Morgan fingerprint density at radius 3 is 2.89 bits per heavy atom. The molecule has 0 spiro atoms. The number of carbonyl (C=O) groups is 1. The van der Waals surface area contributed by atoms with E-state index in [1.807, 2.05) is 36.1 Å². The molecule has 1 heterocycles. The Hall–Kier alpha value is -1.77. The van der Waals surface area contributed by atoms with Crippen molar-refractivity contribution in [1.82, 2.24) is 4.90 Å². The predicted octanol–water partition coefficient (Wildman–Crippen LogP) is 3.18. The average molecular weight is 242 g/mol. The summed E-state index contributed by atoms with van der Waals surface area (Å²) in [6.45, 7) is 2.91. The van der Waals surface area contributed by atoms with Crippen molar-refractivity contribution in [3.8, 4) is 0 Å². The number of rotatable bonds is 1. The third-order valence-corrected chi connectivity index (χ3v) is 3.92. The number of hydrogen-bond acceptors (Lipinski definition) is 1. The number of benzene rings is 1. The first kappa shape index (κ1) is 11.3. The van der Waals surface area contributed by atoms with Crippen molar-refractivity contribution in [3.05, 3.63) is 42.0 Å². The van der Waals surface area contributed by atoms with Gasteiger partial charge in [-0.05, 0) is 37.8 Å². The molecule has 18 heavy (non-hydrogen) atoms. The molecule has 1 N–H and O–H groups in total. The molecule has 1 aliphatic carbocycles. The first-order valence-electron chi connectivity index (χ1n) is 6.55. The van der Waals surface area contributed by atoms with Crippen LogP contribution in [-0.4, -0.2) is 23.5 Å². The zero-order valence-corrected chi connectivity index (χ0v) is 10.6. The van der Waals surface area contributed by atoms with Crippen LogP contribution in [0.4, 0.5) is 10.5 Å². The van der Waals surface area contributed by atoms with Crippen LogP contribution in [-0.2, 0) is 0 Å². The summed E-state index contributed by atoms with van der Waals surface area (Å²) in [7, 11) is 0. The van der Waals surface area contributed by atoms with E-state index in [1.54, 1.807) is 0 Å². The number of hydrogen-bond donors (Lipinski definition) is 1. The predicted molar refractivity (Wildman–Crippen MR) is 72.6 cm³/mol. The molecule has 1 aromatic carbocycles. The number of nitrogens with one attached hydrogen (secondary N) is 1. The lowest BCUT2D eigenvalue weighted by Crippen LogP contribution is -2.39. The number of aryl methyl sites for hydroxylation is 1. The molecule has 2 aliphatic rings. The van der Waals surface area contributed by atoms with Gasteiger partial charge in [-0.1, -0.05) is 29.8 Å². The van der Waals surface area contributed by atoms with Gasteiger partial charge in [0.15, 0.2) is 0 Å². The standard InChI is InChI=1S/C15H18N2O/c1-11-5-7-13(8-6-11)16-15(18)17-10-9-12-3-2-4-14(12)17/h2-3,5-8,12,14H,4,9-10H2,1H3,(H,16,18). The van der Waals surface area contributed by atoms with Gasteiger partial charge in [0.1, 0.15) is 0 Å². The van der Waals surface area contributed by atoms with Crippen LogP contribution in [0.15, 0.2) is 36.4 Å². The Balaban J connectivity index is 1.67. The Morgan fingerprint density at radius 1 is 1.33 bits per heavy atom. The highest BCUT2D eigenvalue weighted by Gasteiger charge is 2.37. The van der Waals surface area contributed by atoms with E-state index in [0.29, 0.717) is 12.0 Å². The van der Waals surface area contributed by atoms with E-state index in [2.05, 4.69) is 17.5 Å². The van der Waals surface area contributed by atoms with Crippen LogP contribution in [0, 0.1) is 12.8 Å². The number of amides is 2. The molecule has 1 fully saturated rings. The normalized spacial score (nSPS) is 25.3. The molecule has 2 atom stereocenters. The zero-order valence-electron chi connectivity index (χ0n) is 10.6. The molecule has 0 radical (unpaired) electrons. The SMILES string of the molecule is Cc1ccc(NC(=O)N2CCC3C=CCC32)cc1. The molecule has 3 nitrogen and oxygen atoms in total. The number of urea groups is 1. The largest absolute Gasteiger partial charge is 0.322 e. The van der Waals surface area contributed by atoms with Crippen LogP contribution in [0.5, 0.6) is 0 Å². The molecule has 2 amide bonds. The second-order valence-electron chi connectivity index (χ2n) is 5.17. The van der Waals surface area contributed by atoms with Gasteiger partial charge in [0.2, 0.25) is 0 Å². The Bertz CT molecular complexity index is 478. The Morgan fingerprint density at radius 2 is 2.11 bits per heavy atom. The van der Waals surface area contributed by atoms with E-state index >= 15 is 0 Å². The number of fused-ring (bicyclic) bond motifs is 1. The second-order valence-corrected chi connectivity index (χ2v) is 5.17. The highest BCUT2D eigenvalue weighted by molar-refractivity contribution is 5.89. The van der Waals surface area contributed by atoms with Crippen molar-refractivity contribution in [2.24, 2.45) is 5.92 Å². The number of likely N-dealkylation sites (tertiary alicyclic amines) is 1. The molecule has 2 unspecified atom stereocenters.